The number of pyridine rings is 1. The summed E-state index contributed by atoms with van der Waals surface area (Å²) in [5.74, 6) is 0.586. The molecular weight excluding hydrogens is 270 g/mol. The molecule has 6 heteroatoms. The highest BCUT2D eigenvalue weighted by Gasteiger charge is 2.39. The Morgan fingerprint density at radius 3 is 2.90 bits per heavy atom. The van der Waals surface area contributed by atoms with Crippen LogP contribution in [0.3, 0.4) is 0 Å². The fourth-order valence-corrected chi connectivity index (χ4v) is 2.43. The molecule has 2 N–H and O–H groups in total. The summed E-state index contributed by atoms with van der Waals surface area (Å²) < 4.78 is 10.3. The normalized spacial score (nSPS) is 21.2. The standard InChI is InChI=1S/C15H23N3O3/c1-3-15(6-7-16-11-15)14(19)18-12-4-5-13(17-10-12)21-9-8-20-2/h4-5,10,16H,3,6-9,11H2,1-2H3,(H,18,19). The third-order valence-corrected chi connectivity index (χ3v) is 3.93. The van der Waals surface area contributed by atoms with Gasteiger partial charge < -0.3 is 20.1 Å². The zero-order valence-electron chi connectivity index (χ0n) is 12.6. The van der Waals surface area contributed by atoms with Crippen molar-refractivity contribution >= 4 is 11.6 Å². The van der Waals surface area contributed by atoms with Gasteiger partial charge in [0.2, 0.25) is 11.8 Å². The highest BCUT2D eigenvalue weighted by molar-refractivity contribution is 5.95. The van der Waals surface area contributed by atoms with Crippen LogP contribution in [0.5, 0.6) is 5.88 Å². The highest BCUT2D eigenvalue weighted by atomic mass is 16.5. The van der Waals surface area contributed by atoms with Gasteiger partial charge in [0.05, 0.1) is 23.9 Å². The van der Waals surface area contributed by atoms with Crippen molar-refractivity contribution in [2.75, 3.05) is 38.7 Å². The van der Waals surface area contributed by atoms with E-state index >= 15 is 0 Å². The van der Waals surface area contributed by atoms with Crippen molar-refractivity contribution in [1.29, 1.82) is 0 Å². The number of carbonyl (C=O) groups excluding carboxylic acids is 1. The Hall–Kier alpha value is -1.66. The van der Waals surface area contributed by atoms with Crippen molar-refractivity contribution < 1.29 is 14.3 Å². The molecule has 1 fully saturated rings. The molecule has 0 aliphatic carbocycles. The van der Waals surface area contributed by atoms with E-state index in [4.69, 9.17) is 9.47 Å². The van der Waals surface area contributed by atoms with Crippen LogP contribution in [-0.4, -0.2) is 44.3 Å². The molecule has 1 aliphatic rings. The number of anilines is 1. The average Bonchev–Trinajstić information content (AvgIpc) is 2.99. The lowest BCUT2D eigenvalue weighted by Gasteiger charge is -2.25. The van der Waals surface area contributed by atoms with Crippen LogP contribution in [0, 0.1) is 5.41 Å². The zero-order valence-corrected chi connectivity index (χ0v) is 12.6. The summed E-state index contributed by atoms with van der Waals surface area (Å²) in [6, 6.07) is 3.55. The second-order valence-corrected chi connectivity index (χ2v) is 5.24. The Kier molecular flexibility index (Phi) is 5.52. The number of amides is 1. The first-order valence-electron chi connectivity index (χ1n) is 7.30. The van der Waals surface area contributed by atoms with Crippen molar-refractivity contribution in [3.63, 3.8) is 0 Å². The van der Waals surface area contributed by atoms with Crippen molar-refractivity contribution in [2.45, 2.75) is 19.8 Å². The molecule has 2 heterocycles. The van der Waals surface area contributed by atoms with Crippen LogP contribution in [-0.2, 0) is 9.53 Å². The molecule has 1 saturated heterocycles. The van der Waals surface area contributed by atoms with E-state index in [1.165, 1.54) is 0 Å². The van der Waals surface area contributed by atoms with E-state index in [1.54, 1.807) is 25.4 Å². The zero-order chi connectivity index (χ0) is 15.1. The predicted molar refractivity (Wildman–Crippen MR) is 80.4 cm³/mol. The summed E-state index contributed by atoms with van der Waals surface area (Å²) in [5, 5.41) is 6.21. The van der Waals surface area contributed by atoms with Gasteiger partial charge in [-0.15, -0.1) is 0 Å². The SMILES string of the molecule is CCC1(C(=O)Nc2ccc(OCCOC)nc2)CCNC1. The lowest BCUT2D eigenvalue weighted by Crippen LogP contribution is -2.37. The van der Waals surface area contributed by atoms with Crippen molar-refractivity contribution in [2.24, 2.45) is 5.41 Å². The van der Waals surface area contributed by atoms with Gasteiger partial charge in [-0.1, -0.05) is 6.92 Å². The summed E-state index contributed by atoms with van der Waals surface area (Å²) in [5.41, 5.74) is 0.395. The molecule has 1 aromatic rings. The lowest BCUT2D eigenvalue weighted by atomic mass is 9.83. The molecule has 2 rings (SSSR count). The quantitative estimate of drug-likeness (QED) is 0.744. The van der Waals surface area contributed by atoms with E-state index in [0.717, 1.165) is 25.9 Å². The van der Waals surface area contributed by atoms with Gasteiger partial charge in [0, 0.05) is 19.7 Å². The van der Waals surface area contributed by atoms with Crippen LogP contribution in [0.25, 0.3) is 0 Å². The minimum atomic E-state index is -0.298. The molecule has 0 bridgehead atoms. The summed E-state index contributed by atoms with van der Waals surface area (Å²) in [7, 11) is 1.62. The minimum absolute atomic E-state index is 0.0600. The fraction of sp³-hybridized carbons (Fsp3) is 0.600. The van der Waals surface area contributed by atoms with Gasteiger partial charge >= 0.3 is 0 Å². The predicted octanol–water partition coefficient (Wildman–Crippen LogP) is 1.43. The van der Waals surface area contributed by atoms with E-state index in [9.17, 15) is 4.79 Å². The highest BCUT2D eigenvalue weighted by Crippen LogP contribution is 2.30. The number of nitrogens with zero attached hydrogens (tertiary/aromatic N) is 1. The molecule has 0 spiro atoms. The molecule has 0 radical (unpaired) electrons. The molecule has 1 amide bonds. The van der Waals surface area contributed by atoms with Gasteiger partial charge in [0.15, 0.2) is 0 Å². The maximum absolute atomic E-state index is 12.4. The van der Waals surface area contributed by atoms with Crippen LogP contribution in [0.15, 0.2) is 18.3 Å². The number of aromatic nitrogens is 1. The molecule has 1 atom stereocenters. The molecule has 1 unspecified atom stereocenters. The summed E-state index contributed by atoms with van der Waals surface area (Å²) in [6.45, 7) is 4.66. The average molecular weight is 293 g/mol. The van der Waals surface area contributed by atoms with Gasteiger partial charge in [-0.25, -0.2) is 4.98 Å². The molecule has 0 saturated carbocycles. The maximum atomic E-state index is 12.4. The molecule has 1 aromatic heterocycles. The van der Waals surface area contributed by atoms with Gasteiger partial charge in [-0.3, -0.25) is 4.79 Å². The number of carbonyl (C=O) groups is 1. The number of hydrogen-bond acceptors (Lipinski definition) is 5. The smallest absolute Gasteiger partial charge is 0.231 e. The maximum Gasteiger partial charge on any atom is 0.231 e. The van der Waals surface area contributed by atoms with Crippen LogP contribution >= 0.6 is 0 Å². The Balaban J connectivity index is 1.92. The molecular formula is C15H23N3O3. The first-order chi connectivity index (χ1) is 10.2. The van der Waals surface area contributed by atoms with E-state index < -0.39 is 0 Å². The molecule has 21 heavy (non-hydrogen) atoms. The molecule has 0 aromatic carbocycles. The van der Waals surface area contributed by atoms with E-state index in [-0.39, 0.29) is 11.3 Å². The third-order valence-electron chi connectivity index (χ3n) is 3.93. The first kappa shape index (κ1) is 15.7. The number of ether oxygens (including phenoxy) is 2. The number of nitrogens with one attached hydrogen (secondary N) is 2. The Morgan fingerprint density at radius 1 is 1.48 bits per heavy atom. The van der Waals surface area contributed by atoms with Crippen LogP contribution in [0.4, 0.5) is 5.69 Å². The van der Waals surface area contributed by atoms with Gasteiger partial charge in [-0.05, 0) is 25.5 Å². The topological polar surface area (TPSA) is 72.5 Å². The second kappa shape index (κ2) is 7.38. The first-order valence-corrected chi connectivity index (χ1v) is 7.30. The van der Waals surface area contributed by atoms with Gasteiger partial charge in [0.25, 0.3) is 0 Å². The Labute approximate surface area is 125 Å². The van der Waals surface area contributed by atoms with Gasteiger partial charge in [0.1, 0.15) is 6.61 Å². The van der Waals surface area contributed by atoms with Crippen LogP contribution in [0.1, 0.15) is 19.8 Å². The monoisotopic (exact) mass is 293 g/mol. The second-order valence-electron chi connectivity index (χ2n) is 5.24. The molecule has 116 valence electrons. The van der Waals surface area contributed by atoms with Crippen LogP contribution in [0.2, 0.25) is 0 Å². The van der Waals surface area contributed by atoms with E-state index in [1.807, 2.05) is 0 Å². The third kappa shape index (κ3) is 3.92. The summed E-state index contributed by atoms with van der Waals surface area (Å²) >= 11 is 0. The number of rotatable bonds is 7. The van der Waals surface area contributed by atoms with Crippen molar-refractivity contribution in [3.05, 3.63) is 18.3 Å². The van der Waals surface area contributed by atoms with E-state index in [2.05, 4.69) is 22.5 Å². The van der Waals surface area contributed by atoms with Gasteiger partial charge in [-0.2, -0.15) is 0 Å². The Morgan fingerprint density at radius 2 is 2.33 bits per heavy atom. The molecule has 6 nitrogen and oxygen atoms in total. The number of methoxy groups -OCH3 is 1. The van der Waals surface area contributed by atoms with E-state index in [0.29, 0.717) is 24.8 Å². The lowest BCUT2D eigenvalue weighted by molar-refractivity contribution is -0.124. The summed E-state index contributed by atoms with van der Waals surface area (Å²) in [6.07, 6.45) is 3.32. The van der Waals surface area contributed by atoms with Crippen LogP contribution < -0.4 is 15.4 Å². The minimum Gasteiger partial charge on any atom is -0.475 e. The van der Waals surface area contributed by atoms with Crippen molar-refractivity contribution in [1.82, 2.24) is 10.3 Å². The Bertz CT molecular complexity index is 456. The summed E-state index contributed by atoms with van der Waals surface area (Å²) in [4.78, 5) is 16.6. The fourth-order valence-electron chi connectivity index (χ4n) is 2.43. The molecule has 1 aliphatic heterocycles. The van der Waals surface area contributed by atoms with Crippen molar-refractivity contribution in [3.8, 4) is 5.88 Å². The number of hydrogen-bond donors (Lipinski definition) is 2. The largest absolute Gasteiger partial charge is 0.475 e.